The van der Waals surface area contributed by atoms with E-state index in [1.54, 1.807) is 0 Å². The Morgan fingerprint density at radius 1 is 1.80 bits per heavy atom. The Morgan fingerprint density at radius 2 is 2.50 bits per heavy atom. The summed E-state index contributed by atoms with van der Waals surface area (Å²) in [7, 11) is 2.04. The molecular weight excluding hydrogens is 215 g/mol. The molecule has 0 amide bonds. The van der Waals surface area contributed by atoms with Crippen LogP contribution in [0.4, 0.5) is 0 Å². The monoisotopic (exact) mass is 224 g/mol. The lowest BCUT2D eigenvalue weighted by Crippen LogP contribution is -2.32. The Labute approximate surface area is 74.5 Å². The zero-order chi connectivity index (χ0) is 7.56. The number of hydrogen-bond acceptors (Lipinski definition) is 2. The molecule has 0 aromatic heterocycles. The fourth-order valence-electron chi connectivity index (χ4n) is 0.932. The third kappa shape index (κ3) is 1.87. The first-order valence-corrected chi connectivity index (χ1v) is 4.46. The molecule has 0 saturated carbocycles. The Hall–Kier alpha value is 0.270. The second-order valence-electron chi connectivity index (χ2n) is 2.24. The van der Waals surface area contributed by atoms with E-state index >= 15 is 0 Å². The van der Waals surface area contributed by atoms with Gasteiger partial charge < -0.3 is 5.01 Å². The third-order valence-electron chi connectivity index (χ3n) is 1.42. The molecule has 1 aliphatic rings. The van der Waals surface area contributed by atoms with Gasteiger partial charge in [0.2, 0.25) is 0 Å². The van der Waals surface area contributed by atoms with Gasteiger partial charge in [0, 0.05) is 30.2 Å². The molecule has 0 radical (unpaired) electrons. The summed E-state index contributed by atoms with van der Waals surface area (Å²) in [4.78, 5) is 0. The Kier molecular flexibility index (Phi) is 3.01. The average molecular weight is 226 g/mol. The van der Waals surface area contributed by atoms with Crippen molar-refractivity contribution in [3.05, 3.63) is 10.7 Å². The van der Waals surface area contributed by atoms with E-state index in [4.69, 9.17) is 11.6 Å². The van der Waals surface area contributed by atoms with Crippen molar-refractivity contribution in [2.45, 2.75) is 0 Å². The SMILES string of the molecule is CN1CC(Br)=CN1CCCl. The summed E-state index contributed by atoms with van der Waals surface area (Å²) in [6.07, 6.45) is 2.06. The Morgan fingerprint density at radius 3 is 2.90 bits per heavy atom. The van der Waals surface area contributed by atoms with Crippen molar-refractivity contribution in [3.8, 4) is 0 Å². The van der Waals surface area contributed by atoms with Crippen LogP contribution in [0, 0.1) is 0 Å². The van der Waals surface area contributed by atoms with E-state index in [2.05, 4.69) is 32.1 Å². The maximum absolute atomic E-state index is 5.58. The maximum atomic E-state index is 5.58. The Bertz CT molecular complexity index is 149. The smallest absolute Gasteiger partial charge is 0.0509 e. The van der Waals surface area contributed by atoms with Crippen LogP contribution in [-0.4, -0.2) is 36.0 Å². The van der Waals surface area contributed by atoms with E-state index in [1.165, 1.54) is 4.48 Å². The van der Waals surface area contributed by atoms with Crippen LogP contribution in [0.2, 0.25) is 0 Å². The van der Waals surface area contributed by atoms with Crippen LogP contribution in [-0.2, 0) is 0 Å². The predicted molar refractivity (Wildman–Crippen MR) is 47.1 cm³/mol. The van der Waals surface area contributed by atoms with Gasteiger partial charge in [-0.15, -0.1) is 11.6 Å². The largest absolute Gasteiger partial charge is 0.311 e. The van der Waals surface area contributed by atoms with Crippen LogP contribution in [0.15, 0.2) is 10.7 Å². The summed E-state index contributed by atoms with van der Waals surface area (Å²) in [5, 5.41) is 4.21. The van der Waals surface area contributed by atoms with Crippen LogP contribution >= 0.6 is 27.5 Å². The van der Waals surface area contributed by atoms with Gasteiger partial charge in [0.15, 0.2) is 0 Å². The molecule has 0 unspecified atom stereocenters. The summed E-state index contributed by atoms with van der Waals surface area (Å²) < 4.78 is 1.21. The van der Waals surface area contributed by atoms with Gasteiger partial charge in [-0.2, -0.15) is 0 Å². The first kappa shape index (κ1) is 8.37. The van der Waals surface area contributed by atoms with E-state index in [9.17, 15) is 0 Å². The number of hydrogen-bond donors (Lipinski definition) is 0. The highest BCUT2D eigenvalue weighted by atomic mass is 79.9. The van der Waals surface area contributed by atoms with Gasteiger partial charge >= 0.3 is 0 Å². The van der Waals surface area contributed by atoms with Crippen molar-refractivity contribution >= 4 is 27.5 Å². The molecule has 1 aliphatic heterocycles. The third-order valence-corrected chi connectivity index (χ3v) is 2.05. The fraction of sp³-hybridized carbons (Fsp3) is 0.667. The van der Waals surface area contributed by atoms with Gasteiger partial charge in [0.25, 0.3) is 0 Å². The van der Waals surface area contributed by atoms with E-state index in [0.29, 0.717) is 5.88 Å². The minimum absolute atomic E-state index is 0.668. The highest BCUT2D eigenvalue weighted by molar-refractivity contribution is 9.11. The van der Waals surface area contributed by atoms with E-state index in [1.807, 2.05) is 7.05 Å². The lowest BCUT2D eigenvalue weighted by molar-refractivity contribution is 0.0916. The van der Waals surface area contributed by atoms with Crippen molar-refractivity contribution in [3.63, 3.8) is 0 Å². The summed E-state index contributed by atoms with van der Waals surface area (Å²) in [5.74, 6) is 0.668. The number of nitrogens with zero attached hydrogens (tertiary/aromatic N) is 2. The highest BCUT2D eigenvalue weighted by Gasteiger charge is 2.14. The van der Waals surface area contributed by atoms with Crippen LogP contribution in [0.1, 0.15) is 0 Å². The number of alkyl halides is 1. The first-order valence-electron chi connectivity index (χ1n) is 3.14. The van der Waals surface area contributed by atoms with E-state index in [-0.39, 0.29) is 0 Å². The second-order valence-corrected chi connectivity index (χ2v) is 3.64. The predicted octanol–water partition coefficient (Wildman–Crippen LogP) is 1.62. The average Bonchev–Trinajstić information content (AvgIpc) is 2.13. The molecule has 0 spiro atoms. The molecule has 0 bridgehead atoms. The summed E-state index contributed by atoms with van der Waals surface area (Å²) in [6.45, 7) is 1.84. The van der Waals surface area contributed by atoms with Crippen LogP contribution in [0.25, 0.3) is 0 Å². The summed E-state index contributed by atoms with van der Waals surface area (Å²) >= 11 is 9.01. The van der Waals surface area contributed by atoms with Gasteiger partial charge in [0.05, 0.1) is 6.54 Å². The number of hydrazine groups is 1. The van der Waals surface area contributed by atoms with E-state index < -0.39 is 0 Å². The number of halogens is 2. The van der Waals surface area contributed by atoms with Crippen molar-refractivity contribution in [2.75, 3.05) is 26.0 Å². The molecule has 0 fully saturated rings. The number of likely N-dealkylation sites (N-methyl/N-ethyl adjacent to an activating group) is 1. The van der Waals surface area contributed by atoms with Crippen molar-refractivity contribution < 1.29 is 0 Å². The van der Waals surface area contributed by atoms with Crippen molar-refractivity contribution in [2.24, 2.45) is 0 Å². The number of rotatable bonds is 2. The van der Waals surface area contributed by atoms with Crippen LogP contribution < -0.4 is 0 Å². The van der Waals surface area contributed by atoms with Gasteiger partial charge in [-0.25, -0.2) is 5.01 Å². The molecular formula is C6H10BrClN2. The minimum atomic E-state index is 0.668. The normalized spacial score (nSPS) is 19.9. The molecule has 0 aromatic rings. The molecule has 10 heavy (non-hydrogen) atoms. The lowest BCUT2D eigenvalue weighted by atomic mass is 10.6. The van der Waals surface area contributed by atoms with Gasteiger partial charge in [-0.05, 0) is 0 Å². The van der Waals surface area contributed by atoms with Crippen LogP contribution in [0.5, 0.6) is 0 Å². The molecule has 0 N–H and O–H groups in total. The maximum Gasteiger partial charge on any atom is 0.0509 e. The molecule has 58 valence electrons. The van der Waals surface area contributed by atoms with Crippen molar-refractivity contribution in [1.29, 1.82) is 0 Å². The zero-order valence-corrected chi connectivity index (χ0v) is 8.19. The zero-order valence-electron chi connectivity index (χ0n) is 5.85. The van der Waals surface area contributed by atoms with Crippen molar-refractivity contribution in [1.82, 2.24) is 10.0 Å². The second kappa shape index (κ2) is 3.60. The molecule has 1 rings (SSSR count). The lowest BCUT2D eigenvalue weighted by Gasteiger charge is -2.23. The molecule has 1 heterocycles. The van der Waals surface area contributed by atoms with Gasteiger partial charge in [0.1, 0.15) is 0 Å². The molecule has 2 nitrogen and oxygen atoms in total. The Balaban J connectivity index is 2.44. The minimum Gasteiger partial charge on any atom is -0.311 e. The standard InChI is InChI=1S/C6H10BrClN2/c1-9-4-6(7)5-10(9)3-2-8/h5H,2-4H2,1H3. The van der Waals surface area contributed by atoms with Gasteiger partial charge in [-0.3, -0.25) is 0 Å². The molecule has 0 saturated heterocycles. The topological polar surface area (TPSA) is 6.48 Å². The first-order chi connectivity index (χ1) is 4.74. The highest BCUT2D eigenvalue weighted by Crippen LogP contribution is 2.17. The van der Waals surface area contributed by atoms with Crippen LogP contribution in [0.3, 0.4) is 0 Å². The molecule has 4 heteroatoms. The molecule has 0 aliphatic carbocycles. The summed E-state index contributed by atoms with van der Waals surface area (Å²) in [6, 6.07) is 0. The molecule has 0 atom stereocenters. The summed E-state index contributed by atoms with van der Waals surface area (Å²) in [5.41, 5.74) is 0. The molecule has 0 aromatic carbocycles. The quantitative estimate of drug-likeness (QED) is 0.659. The van der Waals surface area contributed by atoms with Gasteiger partial charge in [-0.1, -0.05) is 15.9 Å². The van der Waals surface area contributed by atoms with E-state index in [0.717, 1.165) is 13.1 Å². The fourth-order valence-corrected chi connectivity index (χ4v) is 1.70.